The van der Waals surface area contributed by atoms with Gasteiger partial charge in [0.15, 0.2) is 5.75 Å². The average molecular weight is 357 g/mol. The van der Waals surface area contributed by atoms with Gasteiger partial charge in [0.1, 0.15) is 5.75 Å². The van der Waals surface area contributed by atoms with E-state index in [0.29, 0.717) is 12.2 Å². The van der Waals surface area contributed by atoms with Crippen LogP contribution in [0, 0.1) is 10.1 Å². The van der Waals surface area contributed by atoms with Crippen LogP contribution < -0.4 is 14.9 Å². The molecule has 0 radical (unpaired) electrons. The minimum Gasteiger partial charge on any atom is -0.494 e. The Hall–Kier alpha value is -3.42. The molecule has 1 N–H and O–H groups in total. The summed E-state index contributed by atoms with van der Waals surface area (Å²) in [6.45, 7) is 2.48. The number of hydrogen-bond acceptors (Lipinski definition) is 6. The van der Waals surface area contributed by atoms with Crippen molar-refractivity contribution in [3.63, 3.8) is 0 Å². The molecule has 0 aliphatic carbocycles. The summed E-state index contributed by atoms with van der Waals surface area (Å²) in [5.74, 6) is 0.607. The summed E-state index contributed by atoms with van der Waals surface area (Å²) >= 11 is 0. The van der Waals surface area contributed by atoms with Crippen LogP contribution in [0.25, 0.3) is 0 Å². The number of carbonyl (C=O) groups excluding carboxylic acids is 1. The first-order chi connectivity index (χ1) is 12.5. The number of carbonyl (C=O) groups is 1. The minimum absolute atomic E-state index is 0.159. The molecule has 0 aromatic heterocycles. The minimum atomic E-state index is -0.541. The highest BCUT2D eigenvalue weighted by Crippen LogP contribution is 2.26. The summed E-state index contributed by atoms with van der Waals surface area (Å²) in [5, 5.41) is 14.8. The lowest BCUT2D eigenvalue weighted by Crippen LogP contribution is -2.19. The van der Waals surface area contributed by atoms with Crippen molar-refractivity contribution in [2.75, 3.05) is 13.7 Å². The van der Waals surface area contributed by atoms with Gasteiger partial charge < -0.3 is 9.47 Å². The smallest absolute Gasteiger partial charge is 0.311 e. The van der Waals surface area contributed by atoms with Gasteiger partial charge in [-0.25, -0.2) is 5.43 Å². The van der Waals surface area contributed by atoms with Crippen LogP contribution in [-0.4, -0.2) is 30.8 Å². The van der Waals surface area contributed by atoms with Gasteiger partial charge in [0.25, 0.3) is 0 Å². The van der Waals surface area contributed by atoms with E-state index in [4.69, 9.17) is 9.47 Å². The highest BCUT2D eigenvalue weighted by atomic mass is 16.6. The molecule has 8 heteroatoms. The van der Waals surface area contributed by atoms with Gasteiger partial charge in [-0.2, -0.15) is 5.10 Å². The van der Waals surface area contributed by atoms with E-state index in [1.807, 2.05) is 6.92 Å². The zero-order chi connectivity index (χ0) is 18.9. The lowest BCUT2D eigenvalue weighted by atomic mass is 10.1. The second-order valence-electron chi connectivity index (χ2n) is 5.24. The van der Waals surface area contributed by atoms with Crippen LogP contribution >= 0.6 is 0 Å². The first kappa shape index (κ1) is 18.9. The van der Waals surface area contributed by atoms with Crippen LogP contribution in [0.2, 0.25) is 0 Å². The van der Waals surface area contributed by atoms with Gasteiger partial charge in [-0.15, -0.1) is 0 Å². The SMILES string of the molecule is CCOc1ccc(CC(=O)N/N=C/c2ccc(OC)c([N+](=O)[O-])c2)cc1. The van der Waals surface area contributed by atoms with E-state index in [1.54, 1.807) is 30.3 Å². The van der Waals surface area contributed by atoms with Crippen LogP contribution in [0.5, 0.6) is 11.5 Å². The quantitative estimate of drug-likeness (QED) is 0.444. The maximum absolute atomic E-state index is 11.9. The van der Waals surface area contributed by atoms with Gasteiger partial charge in [0.05, 0.1) is 31.3 Å². The van der Waals surface area contributed by atoms with Crippen LogP contribution in [0.15, 0.2) is 47.6 Å². The molecule has 2 aromatic carbocycles. The van der Waals surface area contributed by atoms with Crippen molar-refractivity contribution < 1.29 is 19.2 Å². The number of hydrazone groups is 1. The molecule has 0 atom stereocenters. The Morgan fingerprint density at radius 2 is 2.00 bits per heavy atom. The van der Waals surface area contributed by atoms with E-state index in [9.17, 15) is 14.9 Å². The number of benzene rings is 2. The van der Waals surface area contributed by atoms with Gasteiger partial charge >= 0.3 is 5.69 Å². The van der Waals surface area contributed by atoms with Crippen LogP contribution in [0.4, 0.5) is 5.69 Å². The number of nitrogens with one attached hydrogen (secondary N) is 1. The van der Waals surface area contributed by atoms with Crippen LogP contribution in [0.1, 0.15) is 18.1 Å². The summed E-state index contributed by atoms with van der Waals surface area (Å²) in [7, 11) is 1.36. The van der Waals surface area contributed by atoms with E-state index in [1.165, 1.54) is 25.5 Å². The highest BCUT2D eigenvalue weighted by molar-refractivity contribution is 5.84. The number of nitro groups is 1. The van der Waals surface area contributed by atoms with Crippen molar-refractivity contribution in [2.24, 2.45) is 5.10 Å². The lowest BCUT2D eigenvalue weighted by Gasteiger charge is -2.04. The third-order valence-electron chi connectivity index (χ3n) is 3.40. The lowest BCUT2D eigenvalue weighted by molar-refractivity contribution is -0.385. The van der Waals surface area contributed by atoms with E-state index in [0.717, 1.165) is 11.3 Å². The molecular weight excluding hydrogens is 338 g/mol. The molecule has 2 aromatic rings. The maximum Gasteiger partial charge on any atom is 0.311 e. The normalized spacial score (nSPS) is 10.5. The standard InChI is InChI=1S/C18H19N3O5/c1-3-26-15-7-4-13(5-8-15)11-18(22)20-19-12-14-6-9-17(25-2)16(10-14)21(23)24/h4-10,12H,3,11H2,1-2H3,(H,20,22)/b19-12+. The molecule has 1 amide bonds. The Morgan fingerprint density at radius 1 is 1.27 bits per heavy atom. The fraction of sp³-hybridized carbons (Fsp3) is 0.222. The molecule has 0 aliphatic heterocycles. The number of amides is 1. The molecule has 8 nitrogen and oxygen atoms in total. The number of nitro benzene ring substituents is 1. The van der Waals surface area contributed by atoms with Gasteiger partial charge in [-0.3, -0.25) is 14.9 Å². The monoisotopic (exact) mass is 357 g/mol. The highest BCUT2D eigenvalue weighted by Gasteiger charge is 2.14. The largest absolute Gasteiger partial charge is 0.494 e. The second-order valence-corrected chi connectivity index (χ2v) is 5.24. The Kier molecular flexibility index (Phi) is 6.67. The predicted molar refractivity (Wildman–Crippen MR) is 96.7 cm³/mol. The number of methoxy groups -OCH3 is 1. The van der Waals surface area contributed by atoms with Gasteiger partial charge in [0.2, 0.25) is 5.91 Å². The zero-order valence-electron chi connectivity index (χ0n) is 14.5. The first-order valence-electron chi connectivity index (χ1n) is 7.89. The summed E-state index contributed by atoms with van der Waals surface area (Å²) in [6, 6.07) is 11.6. The van der Waals surface area contributed by atoms with Crippen molar-refractivity contribution in [1.82, 2.24) is 5.43 Å². The summed E-state index contributed by atoms with van der Waals surface area (Å²) in [5.41, 5.74) is 3.52. The van der Waals surface area contributed by atoms with Gasteiger partial charge in [0, 0.05) is 11.6 Å². The van der Waals surface area contributed by atoms with E-state index in [-0.39, 0.29) is 23.8 Å². The fourth-order valence-corrected chi connectivity index (χ4v) is 2.20. The third kappa shape index (κ3) is 5.30. The van der Waals surface area contributed by atoms with E-state index < -0.39 is 4.92 Å². The fourth-order valence-electron chi connectivity index (χ4n) is 2.20. The number of ether oxygens (including phenoxy) is 2. The molecule has 26 heavy (non-hydrogen) atoms. The molecule has 136 valence electrons. The zero-order valence-corrected chi connectivity index (χ0v) is 14.5. The molecule has 0 saturated carbocycles. The third-order valence-corrected chi connectivity index (χ3v) is 3.40. The molecule has 0 fully saturated rings. The molecule has 0 saturated heterocycles. The average Bonchev–Trinajstić information content (AvgIpc) is 2.63. The van der Waals surface area contributed by atoms with Gasteiger partial charge in [-0.05, 0) is 36.8 Å². The predicted octanol–water partition coefficient (Wildman–Crippen LogP) is 2.69. The second kappa shape index (κ2) is 9.16. The van der Waals surface area contributed by atoms with Crippen molar-refractivity contribution >= 4 is 17.8 Å². The van der Waals surface area contributed by atoms with E-state index in [2.05, 4.69) is 10.5 Å². The summed E-state index contributed by atoms with van der Waals surface area (Å²) in [4.78, 5) is 22.3. The topological polar surface area (TPSA) is 103 Å². The Morgan fingerprint density at radius 3 is 2.62 bits per heavy atom. The van der Waals surface area contributed by atoms with Crippen LogP contribution in [0.3, 0.4) is 0 Å². The maximum atomic E-state index is 11.9. The molecule has 0 heterocycles. The van der Waals surface area contributed by atoms with Gasteiger partial charge in [-0.1, -0.05) is 12.1 Å². The Balaban J connectivity index is 1.94. The molecule has 0 unspecified atom stereocenters. The molecule has 2 rings (SSSR count). The Bertz CT molecular complexity index is 803. The number of nitrogens with zero attached hydrogens (tertiary/aromatic N) is 2. The van der Waals surface area contributed by atoms with Crippen molar-refractivity contribution in [3.05, 3.63) is 63.7 Å². The molecule has 0 bridgehead atoms. The molecular formula is C18H19N3O5. The van der Waals surface area contributed by atoms with E-state index >= 15 is 0 Å². The van der Waals surface area contributed by atoms with Crippen LogP contribution in [-0.2, 0) is 11.2 Å². The van der Waals surface area contributed by atoms with Crippen molar-refractivity contribution in [1.29, 1.82) is 0 Å². The number of rotatable bonds is 8. The summed E-state index contributed by atoms with van der Waals surface area (Å²) < 4.78 is 10.3. The first-order valence-corrected chi connectivity index (χ1v) is 7.89. The molecule has 0 aliphatic rings. The summed E-state index contributed by atoms with van der Waals surface area (Å²) in [6.07, 6.45) is 1.50. The Labute approximate surface area is 150 Å². The number of hydrogen-bond donors (Lipinski definition) is 1. The molecule has 0 spiro atoms. The van der Waals surface area contributed by atoms with Crippen molar-refractivity contribution in [3.8, 4) is 11.5 Å². The van der Waals surface area contributed by atoms with Crippen molar-refractivity contribution in [2.45, 2.75) is 13.3 Å².